The fraction of sp³-hybridized carbons (Fsp3) is 0.111. The molecule has 3 aromatic rings. The van der Waals surface area contributed by atoms with Crippen LogP contribution in [-0.4, -0.2) is 37.8 Å². The third-order valence-electron chi connectivity index (χ3n) is 3.99. The first-order valence-corrected chi connectivity index (χ1v) is 9.57. The Hall–Kier alpha value is -3.37. The van der Waals surface area contributed by atoms with Crippen molar-refractivity contribution in [1.82, 2.24) is 5.43 Å². The number of fused-ring (bicyclic) bond motifs is 2. The zero-order valence-corrected chi connectivity index (χ0v) is 15.0. The monoisotopic (exact) mass is 402 g/mol. The van der Waals surface area contributed by atoms with Gasteiger partial charge in [-0.2, -0.15) is 13.5 Å². The molecule has 1 aromatic heterocycles. The van der Waals surface area contributed by atoms with Crippen LogP contribution >= 0.6 is 0 Å². The summed E-state index contributed by atoms with van der Waals surface area (Å²) < 4.78 is 46.9. The van der Waals surface area contributed by atoms with E-state index in [1.807, 2.05) is 30.3 Å². The Morgan fingerprint density at radius 3 is 2.54 bits per heavy atom. The highest BCUT2D eigenvalue weighted by Gasteiger charge is 2.27. The first-order chi connectivity index (χ1) is 13.4. The maximum Gasteiger partial charge on any atom is 0.328 e. The second-order valence-corrected chi connectivity index (χ2v) is 7.28. The molecule has 28 heavy (non-hydrogen) atoms. The number of hydrazone groups is 1. The van der Waals surface area contributed by atoms with Crippen molar-refractivity contribution in [3.05, 3.63) is 54.3 Å². The number of rotatable bonds is 4. The van der Waals surface area contributed by atoms with Crippen molar-refractivity contribution >= 4 is 33.0 Å². The lowest BCUT2D eigenvalue weighted by molar-refractivity contribution is -0.130. The Morgan fingerprint density at radius 1 is 1.14 bits per heavy atom. The SMILES string of the molecule is O=C(N/N=C/c1ccc(S(=O)(=O)O)o1)[C@H]1COc2cc3ccccc3cc2O1. The number of furan rings is 1. The lowest BCUT2D eigenvalue weighted by atomic mass is 10.1. The Kier molecular flexibility index (Phi) is 4.49. The van der Waals surface area contributed by atoms with Gasteiger partial charge in [-0.05, 0) is 35.0 Å². The van der Waals surface area contributed by atoms with Crippen molar-refractivity contribution in [3.63, 3.8) is 0 Å². The zero-order valence-electron chi connectivity index (χ0n) is 14.2. The van der Waals surface area contributed by atoms with E-state index in [4.69, 9.17) is 18.4 Å². The molecule has 0 bridgehead atoms. The van der Waals surface area contributed by atoms with Crippen LogP contribution in [0.25, 0.3) is 10.8 Å². The number of amides is 1. The summed E-state index contributed by atoms with van der Waals surface area (Å²) in [6.45, 7) is 0.0142. The van der Waals surface area contributed by atoms with Crippen LogP contribution in [0.4, 0.5) is 0 Å². The maximum absolute atomic E-state index is 12.2. The standard InChI is InChI=1S/C18H14N2O7S/c21-18(20-19-9-13-5-6-17(26-13)28(22,23)24)16-10-25-14-7-11-3-1-2-4-12(11)8-15(14)27-16/h1-9,16H,10H2,(H,20,21)(H,22,23,24)/b19-9+/t16-/m1/s1. The van der Waals surface area contributed by atoms with E-state index in [9.17, 15) is 13.2 Å². The van der Waals surface area contributed by atoms with Crippen LogP contribution in [0.15, 0.2) is 63.1 Å². The topological polar surface area (TPSA) is 127 Å². The van der Waals surface area contributed by atoms with Gasteiger partial charge in [0.1, 0.15) is 12.4 Å². The van der Waals surface area contributed by atoms with Gasteiger partial charge in [0.05, 0.1) is 6.21 Å². The van der Waals surface area contributed by atoms with Gasteiger partial charge in [0, 0.05) is 0 Å². The number of ether oxygens (including phenoxy) is 2. The van der Waals surface area contributed by atoms with Crippen LogP contribution in [-0.2, 0) is 14.9 Å². The van der Waals surface area contributed by atoms with Crippen molar-refractivity contribution in [2.75, 3.05) is 6.61 Å². The highest BCUT2D eigenvalue weighted by atomic mass is 32.2. The molecule has 0 saturated heterocycles. The molecule has 1 aliphatic rings. The molecule has 0 radical (unpaired) electrons. The maximum atomic E-state index is 12.2. The van der Waals surface area contributed by atoms with E-state index in [1.165, 1.54) is 6.07 Å². The van der Waals surface area contributed by atoms with Crippen molar-refractivity contribution in [1.29, 1.82) is 0 Å². The van der Waals surface area contributed by atoms with Gasteiger partial charge < -0.3 is 13.9 Å². The second kappa shape index (κ2) is 6.98. The first kappa shape index (κ1) is 18.0. The Labute approximate surface area is 159 Å². The summed E-state index contributed by atoms with van der Waals surface area (Å²) >= 11 is 0. The molecule has 1 aliphatic heterocycles. The molecular weight excluding hydrogens is 388 g/mol. The van der Waals surface area contributed by atoms with E-state index < -0.39 is 27.2 Å². The summed E-state index contributed by atoms with van der Waals surface area (Å²) in [4.78, 5) is 12.2. The van der Waals surface area contributed by atoms with Crippen molar-refractivity contribution < 1.29 is 31.7 Å². The second-order valence-electron chi connectivity index (χ2n) is 5.93. The number of benzene rings is 2. The van der Waals surface area contributed by atoms with E-state index in [1.54, 1.807) is 6.07 Å². The quantitative estimate of drug-likeness (QED) is 0.388. The minimum Gasteiger partial charge on any atom is -0.485 e. The molecule has 0 unspecified atom stereocenters. The predicted octanol–water partition coefficient (Wildman–Crippen LogP) is 1.97. The number of hydrogen-bond donors (Lipinski definition) is 2. The molecule has 0 fully saturated rings. The van der Waals surface area contributed by atoms with Crippen LogP contribution in [0.5, 0.6) is 11.5 Å². The summed E-state index contributed by atoms with van der Waals surface area (Å²) in [5.41, 5.74) is 2.27. The van der Waals surface area contributed by atoms with Crippen molar-refractivity contribution in [2.24, 2.45) is 5.10 Å². The van der Waals surface area contributed by atoms with Crippen LogP contribution in [0.2, 0.25) is 0 Å². The van der Waals surface area contributed by atoms with E-state index in [0.717, 1.165) is 23.1 Å². The van der Waals surface area contributed by atoms with Gasteiger partial charge in [-0.3, -0.25) is 9.35 Å². The molecular formula is C18H14N2O7S. The van der Waals surface area contributed by atoms with E-state index in [-0.39, 0.29) is 12.4 Å². The summed E-state index contributed by atoms with van der Waals surface area (Å²) in [6.07, 6.45) is 0.188. The smallest absolute Gasteiger partial charge is 0.328 e. The Bertz CT molecular complexity index is 1180. The summed E-state index contributed by atoms with van der Waals surface area (Å²) in [6, 6.07) is 13.7. The van der Waals surface area contributed by atoms with E-state index >= 15 is 0 Å². The average Bonchev–Trinajstić information content (AvgIpc) is 3.15. The fourth-order valence-corrected chi connectivity index (χ4v) is 3.10. The molecule has 0 aliphatic carbocycles. The summed E-state index contributed by atoms with van der Waals surface area (Å²) in [5.74, 6) is 0.500. The molecule has 0 saturated carbocycles. The molecule has 10 heteroatoms. The highest BCUT2D eigenvalue weighted by molar-refractivity contribution is 7.85. The lowest BCUT2D eigenvalue weighted by Gasteiger charge is -2.25. The molecule has 0 spiro atoms. The number of nitrogens with zero attached hydrogens (tertiary/aromatic N) is 1. The van der Waals surface area contributed by atoms with Crippen LogP contribution in [0.1, 0.15) is 5.76 Å². The van der Waals surface area contributed by atoms with Gasteiger partial charge in [0.25, 0.3) is 5.91 Å². The van der Waals surface area contributed by atoms with Gasteiger partial charge >= 0.3 is 10.1 Å². The molecule has 2 heterocycles. The lowest BCUT2D eigenvalue weighted by Crippen LogP contribution is -2.42. The van der Waals surface area contributed by atoms with Crippen LogP contribution < -0.4 is 14.9 Å². The van der Waals surface area contributed by atoms with Crippen molar-refractivity contribution in [2.45, 2.75) is 11.2 Å². The molecule has 2 N–H and O–H groups in total. The normalized spacial score (nSPS) is 16.4. The van der Waals surface area contributed by atoms with Gasteiger partial charge in [-0.1, -0.05) is 24.3 Å². The van der Waals surface area contributed by atoms with Gasteiger partial charge in [-0.25, -0.2) is 5.43 Å². The van der Waals surface area contributed by atoms with Crippen LogP contribution in [0.3, 0.4) is 0 Å². The Morgan fingerprint density at radius 2 is 1.86 bits per heavy atom. The minimum absolute atomic E-state index is 0.0142. The molecule has 1 atom stereocenters. The molecule has 1 amide bonds. The summed E-state index contributed by atoms with van der Waals surface area (Å²) in [7, 11) is -4.44. The van der Waals surface area contributed by atoms with E-state index in [2.05, 4.69) is 10.5 Å². The fourth-order valence-electron chi connectivity index (χ4n) is 2.66. The Balaban J connectivity index is 1.42. The third-order valence-corrected chi connectivity index (χ3v) is 4.71. The predicted molar refractivity (Wildman–Crippen MR) is 98.1 cm³/mol. The number of hydrogen-bond acceptors (Lipinski definition) is 7. The largest absolute Gasteiger partial charge is 0.485 e. The molecule has 144 valence electrons. The van der Waals surface area contributed by atoms with Crippen LogP contribution in [0, 0.1) is 0 Å². The molecule has 2 aromatic carbocycles. The summed E-state index contributed by atoms with van der Waals surface area (Å²) in [5, 5.41) is 5.03. The number of nitrogens with one attached hydrogen (secondary N) is 1. The minimum atomic E-state index is -4.44. The number of carbonyl (C=O) groups is 1. The van der Waals surface area contributed by atoms with Gasteiger partial charge in [0.15, 0.2) is 11.5 Å². The zero-order chi connectivity index (χ0) is 19.7. The number of carbonyl (C=O) groups excluding carboxylic acids is 1. The van der Waals surface area contributed by atoms with Gasteiger partial charge in [0.2, 0.25) is 11.2 Å². The molecule has 9 nitrogen and oxygen atoms in total. The first-order valence-electron chi connectivity index (χ1n) is 8.13. The van der Waals surface area contributed by atoms with Crippen molar-refractivity contribution in [3.8, 4) is 11.5 Å². The average molecular weight is 402 g/mol. The van der Waals surface area contributed by atoms with Gasteiger partial charge in [-0.15, -0.1) is 0 Å². The molecule has 4 rings (SSSR count). The van der Waals surface area contributed by atoms with E-state index in [0.29, 0.717) is 11.5 Å². The third kappa shape index (κ3) is 3.68. The highest BCUT2D eigenvalue weighted by Crippen LogP contribution is 2.35.